The minimum Gasteiger partial charge on any atom is -0.381 e. The molecule has 20 heavy (non-hydrogen) atoms. The fourth-order valence-electron chi connectivity index (χ4n) is 2.35. The molecule has 5 nitrogen and oxygen atoms in total. The van der Waals surface area contributed by atoms with E-state index in [0.29, 0.717) is 19.8 Å². The van der Waals surface area contributed by atoms with E-state index in [4.69, 9.17) is 4.74 Å². The highest BCUT2D eigenvalue weighted by Gasteiger charge is 2.24. The summed E-state index contributed by atoms with van der Waals surface area (Å²) in [6.07, 6.45) is 4.50. The van der Waals surface area contributed by atoms with E-state index >= 15 is 0 Å². The van der Waals surface area contributed by atoms with Crippen LogP contribution in [0.4, 0.5) is 0 Å². The van der Waals surface area contributed by atoms with E-state index < -0.39 is 0 Å². The molecule has 0 saturated carbocycles. The first kappa shape index (κ1) is 13.3. The van der Waals surface area contributed by atoms with Crippen molar-refractivity contribution < 1.29 is 9.53 Å². The molecule has 6 heteroatoms. The number of amides is 1. The number of thiophene rings is 1. The molecule has 1 amide bonds. The molecule has 2 aromatic heterocycles. The second-order valence-electron chi connectivity index (χ2n) is 4.82. The molecule has 2 aromatic rings. The largest absolute Gasteiger partial charge is 0.381 e. The molecule has 2 atom stereocenters. The van der Waals surface area contributed by atoms with E-state index in [2.05, 4.69) is 16.5 Å². The maximum absolute atomic E-state index is 12.1. The zero-order valence-electron chi connectivity index (χ0n) is 11.1. The normalized spacial score (nSPS) is 19.9. The van der Waals surface area contributed by atoms with Crippen LogP contribution in [0.5, 0.6) is 0 Å². The van der Waals surface area contributed by atoms with Gasteiger partial charge in [0.1, 0.15) is 6.04 Å². The topological polar surface area (TPSA) is 56.2 Å². The van der Waals surface area contributed by atoms with Crippen molar-refractivity contribution in [3.63, 3.8) is 0 Å². The van der Waals surface area contributed by atoms with Crippen LogP contribution in [0.1, 0.15) is 17.3 Å². The van der Waals surface area contributed by atoms with Gasteiger partial charge in [-0.15, -0.1) is 11.3 Å². The maximum Gasteiger partial charge on any atom is 0.225 e. The Hall–Kier alpha value is -1.66. The summed E-state index contributed by atoms with van der Waals surface area (Å²) in [7, 11) is 0. The number of rotatable bonds is 5. The number of ether oxygens (including phenoxy) is 1. The van der Waals surface area contributed by atoms with Crippen LogP contribution in [0.2, 0.25) is 0 Å². The summed E-state index contributed by atoms with van der Waals surface area (Å²) in [5.41, 5.74) is 0. The number of nitrogens with zero attached hydrogens (tertiary/aromatic N) is 2. The van der Waals surface area contributed by atoms with Gasteiger partial charge in [0.05, 0.1) is 12.5 Å². The zero-order valence-corrected chi connectivity index (χ0v) is 11.9. The molecule has 3 rings (SSSR count). The van der Waals surface area contributed by atoms with Gasteiger partial charge in [-0.3, -0.25) is 9.48 Å². The van der Waals surface area contributed by atoms with Gasteiger partial charge in [-0.1, -0.05) is 6.07 Å². The molecule has 3 heterocycles. The maximum atomic E-state index is 12.1. The Morgan fingerprint density at radius 2 is 2.55 bits per heavy atom. The van der Waals surface area contributed by atoms with Crippen molar-refractivity contribution in [2.75, 3.05) is 19.8 Å². The first-order chi connectivity index (χ1) is 9.84. The van der Waals surface area contributed by atoms with Gasteiger partial charge < -0.3 is 10.1 Å². The van der Waals surface area contributed by atoms with Gasteiger partial charge in [0.15, 0.2) is 0 Å². The summed E-state index contributed by atoms with van der Waals surface area (Å²) < 4.78 is 7.14. The van der Waals surface area contributed by atoms with Crippen LogP contribution < -0.4 is 5.32 Å². The smallest absolute Gasteiger partial charge is 0.225 e. The van der Waals surface area contributed by atoms with Crippen molar-refractivity contribution in [1.29, 1.82) is 0 Å². The minimum atomic E-state index is -0.00314. The Morgan fingerprint density at radius 1 is 1.60 bits per heavy atom. The fourth-order valence-corrected chi connectivity index (χ4v) is 3.17. The lowest BCUT2D eigenvalue weighted by molar-refractivity contribution is -0.125. The highest BCUT2D eigenvalue weighted by molar-refractivity contribution is 7.10. The molecule has 0 bridgehead atoms. The van der Waals surface area contributed by atoms with Crippen molar-refractivity contribution in [3.05, 3.63) is 40.8 Å². The number of hydrogen-bond donors (Lipinski definition) is 1. The van der Waals surface area contributed by atoms with Gasteiger partial charge in [0.2, 0.25) is 5.91 Å². The number of hydrogen-bond acceptors (Lipinski definition) is 4. The second-order valence-corrected chi connectivity index (χ2v) is 5.80. The van der Waals surface area contributed by atoms with E-state index in [1.165, 1.54) is 4.88 Å². The van der Waals surface area contributed by atoms with Gasteiger partial charge in [0, 0.05) is 30.4 Å². The first-order valence-corrected chi connectivity index (χ1v) is 7.60. The van der Waals surface area contributed by atoms with Crippen LogP contribution >= 0.6 is 11.3 Å². The van der Waals surface area contributed by atoms with Gasteiger partial charge >= 0.3 is 0 Å². The molecule has 1 fully saturated rings. The van der Waals surface area contributed by atoms with Crippen LogP contribution in [0.3, 0.4) is 0 Å². The van der Waals surface area contributed by atoms with Crippen LogP contribution in [-0.2, 0) is 9.53 Å². The summed E-state index contributed by atoms with van der Waals surface area (Å²) in [6, 6.07) is 6.04. The summed E-state index contributed by atoms with van der Waals surface area (Å²) in [6.45, 7) is 1.78. The van der Waals surface area contributed by atoms with Crippen LogP contribution in [0.25, 0.3) is 0 Å². The summed E-state index contributed by atoms with van der Waals surface area (Å²) in [5.74, 6) is 0.0767. The highest BCUT2D eigenvalue weighted by Crippen LogP contribution is 2.22. The molecule has 1 saturated heterocycles. The average Bonchev–Trinajstić information content (AvgIpc) is 3.22. The van der Waals surface area contributed by atoms with E-state index in [0.717, 1.165) is 6.42 Å². The minimum absolute atomic E-state index is 0.00314. The third-order valence-electron chi connectivity index (χ3n) is 3.49. The lowest BCUT2D eigenvalue weighted by atomic mass is 10.1. The van der Waals surface area contributed by atoms with E-state index in [-0.39, 0.29) is 17.9 Å². The predicted octanol–water partition coefficient (Wildman–Crippen LogP) is 1.69. The predicted molar refractivity (Wildman–Crippen MR) is 76.6 cm³/mol. The fraction of sp³-hybridized carbons (Fsp3) is 0.429. The van der Waals surface area contributed by atoms with Crippen LogP contribution in [-0.4, -0.2) is 35.4 Å². The van der Waals surface area contributed by atoms with Crippen molar-refractivity contribution in [2.24, 2.45) is 5.92 Å². The van der Waals surface area contributed by atoms with Crippen LogP contribution in [0, 0.1) is 5.92 Å². The Labute approximate surface area is 121 Å². The Bertz CT molecular complexity index is 499. The van der Waals surface area contributed by atoms with Crippen molar-refractivity contribution >= 4 is 17.2 Å². The molecular weight excluding hydrogens is 274 g/mol. The van der Waals surface area contributed by atoms with Gasteiger partial charge in [-0.05, 0) is 23.9 Å². The summed E-state index contributed by atoms with van der Waals surface area (Å²) in [5, 5.41) is 9.36. The highest BCUT2D eigenvalue weighted by atomic mass is 32.1. The number of nitrogens with one attached hydrogen (secondary N) is 1. The second kappa shape index (κ2) is 6.19. The zero-order chi connectivity index (χ0) is 13.8. The lowest BCUT2D eigenvalue weighted by Gasteiger charge is -2.18. The molecule has 0 spiro atoms. The van der Waals surface area contributed by atoms with Crippen molar-refractivity contribution in [2.45, 2.75) is 12.5 Å². The van der Waals surface area contributed by atoms with E-state index in [1.807, 2.05) is 28.4 Å². The Balaban J connectivity index is 1.66. The van der Waals surface area contributed by atoms with E-state index in [9.17, 15) is 4.79 Å². The third kappa shape index (κ3) is 2.91. The van der Waals surface area contributed by atoms with Crippen molar-refractivity contribution in [1.82, 2.24) is 15.1 Å². The standard InChI is InChI=1S/C14H17N3O2S/c18-14(11-4-7-19-10-11)15-9-12(13-3-1-8-20-13)17-6-2-5-16-17/h1-3,5-6,8,11-12H,4,7,9-10H2,(H,15,18)/t11-,12+/m0/s1. The van der Waals surface area contributed by atoms with Crippen LogP contribution in [0.15, 0.2) is 36.0 Å². The number of carbonyl (C=O) groups is 1. The van der Waals surface area contributed by atoms with Gasteiger partial charge in [0.25, 0.3) is 0 Å². The molecular formula is C14H17N3O2S. The molecule has 0 radical (unpaired) electrons. The Kier molecular flexibility index (Phi) is 4.13. The summed E-state index contributed by atoms with van der Waals surface area (Å²) in [4.78, 5) is 13.3. The molecule has 1 aliphatic rings. The molecule has 1 aliphatic heterocycles. The third-order valence-corrected chi connectivity index (χ3v) is 4.46. The number of aromatic nitrogens is 2. The first-order valence-electron chi connectivity index (χ1n) is 6.72. The molecule has 0 unspecified atom stereocenters. The Morgan fingerprint density at radius 3 is 3.20 bits per heavy atom. The molecule has 0 aliphatic carbocycles. The molecule has 106 valence electrons. The van der Waals surface area contributed by atoms with Crippen molar-refractivity contribution in [3.8, 4) is 0 Å². The quantitative estimate of drug-likeness (QED) is 0.912. The SMILES string of the molecule is O=C(NC[C@H](c1cccs1)n1cccn1)[C@H]1CCOC1. The van der Waals surface area contributed by atoms with Gasteiger partial charge in [-0.2, -0.15) is 5.10 Å². The number of carbonyl (C=O) groups excluding carboxylic acids is 1. The monoisotopic (exact) mass is 291 g/mol. The molecule has 0 aromatic carbocycles. The average molecular weight is 291 g/mol. The molecule has 1 N–H and O–H groups in total. The lowest BCUT2D eigenvalue weighted by Crippen LogP contribution is -2.35. The van der Waals surface area contributed by atoms with Gasteiger partial charge in [-0.25, -0.2) is 0 Å². The van der Waals surface area contributed by atoms with E-state index in [1.54, 1.807) is 17.5 Å². The summed E-state index contributed by atoms with van der Waals surface area (Å²) >= 11 is 1.68.